The summed E-state index contributed by atoms with van der Waals surface area (Å²) in [4.78, 5) is 21.0. The largest absolute Gasteiger partial charge is 0.361 e. The molecule has 76 valence electrons. The molecule has 0 aliphatic heterocycles. The third-order valence-corrected chi connectivity index (χ3v) is 1.39. The first-order chi connectivity index (χ1) is 6.43. The van der Waals surface area contributed by atoms with Crippen LogP contribution in [0, 0.1) is 15.9 Å². The highest BCUT2D eigenvalue weighted by atomic mass is 19.3. The molecule has 1 aromatic heterocycles. The fourth-order valence-electron chi connectivity index (χ4n) is 0.792. The summed E-state index contributed by atoms with van der Waals surface area (Å²) in [5.41, 5.74) is -2.42. The van der Waals surface area contributed by atoms with Gasteiger partial charge < -0.3 is 10.1 Å². The minimum Gasteiger partial charge on any atom is -0.358 e. The second kappa shape index (κ2) is 3.48. The van der Waals surface area contributed by atoms with Crippen LogP contribution >= 0.6 is 0 Å². The average Bonchev–Trinajstić information content (AvgIpc) is 2.08. The van der Waals surface area contributed by atoms with Crippen LogP contribution in [0.5, 0.6) is 0 Å². The third kappa shape index (κ3) is 1.73. The molecular formula is C6H3F3N2O3. The van der Waals surface area contributed by atoms with E-state index in [4.69, 9.17) is 0 Å². The number of halogens is 3. The minimum absolute atomic E-state index is 0.285. The van der Waals surface area contributed by atoms with Gasteiger partial charge in [-0.2, -0.15) is 4.39 Å². The topological polar surface area (TPSA) is 76.0 Å². The van der Waals surface area contributed by atoms with E-state index in [2.05, 4.69) is 0 Å². The molecular weight excluding hydrogens is 205 g/mol. The number of H-pyrrole nitrogens is 1. The molecule has 0 fully saturated rings. The molecule has 0 aromatic carbocycles. The van der Waals surface area contributed by atoms with Crippen LogP contribution in [-0.4, -0.2) is 9.91 Å². The number of rotatable bonds is 2. The molecule has 0 bridgehead atoms. The van der Waals surface area contributed by atoms with Gasteiger partial charge in [-0.05, 0) is 4.92 Å². The number of alkyl halides is 2. The van der Waals surface area contributed by atoms with Gasteiger partial charge in [-0.1, -0.05) is 0 Å². The fourth-order valence-corrected chi connectivity index (χ4v) is 0.792. The van der Waals surface area contributed by atoms with Gasteiger partial charge in [0.2, 0.25) is 5.43 Å². The van der Waals surface area contributed by atoms with Crippen LogP contribution in [0.2, 0.25) is 0 Å². The Morgan fingerprint density at radius 3 is 2.50 bits per heavy atom. The summed E-state index contributed by atoms with van der Waals surface area (Å²) in [5.74, 6) is -3.03. The molecule has 1 N–H and O–H groups in total. The zero-order chi connectivity index (χ0) is 10.9. The summed E-state index contributed by atoms with van der Waals surface area (Å²) in [7, 11) is 0. The number of aromatic nitrogens is 1. The Morgan fingerprint density at radius 1 is 1.50 bits per heavy atom. The zero-order valence-electron chi connectivity index (χ0n) is 6.46. The lowest BCUT2D eigenvalue weighted by Gasteiger charge is -1.98. The second-order valence-electron chi connectivity index (χ2n) is 2.31. The van der Waals surface area contributed by atoms with Crippen molar-refractivity contribution in [3.05, 3.63) is 37.9 Å². The first kappa shape index (κ1) is 10.2. The first-order valence-electron chi connectivity index (χ1n) is 3.28. The maximum atomic E-state index is 12.7. The first-order valence-corrected chi connectivity index (χ1v) is 3.28. The molecule has 0 spiro atoms. The van der Waals surface area contributed by atoms with Crippen LogP contribution in [0.4, 0.5) is 19.0 Å². The molecule has 0 unspecified atom stereocenters. The maximum absolute atomic E-state index is 12.7. The van der Waals surface area contributed by atoms with Crippen molar-refractivity contribution in [2.45, 2.75) is 6.43 Å². The molecule has 1 heterocycles. The number of nitrogens with zero attached hydrogens (tertiary/aromatic N) is 1. The van der Waals surface area contributed by atoms with Gasteiger partial charge in [0.1, 0.15) is 0 Å². The third-order valence-electron chi connectivity index (χ3n) is 1.39. The molecule has 0 saturated heterocycles. The Morgan fingerprint density at radius 2 is 2.07 bits per heavy atom. The highest BCUT2D eigenvalue weighted by Gasteiger charge is 2.22. The highest BCUT2D eigenvalue weighted by molar-refractivity contribution is 5.24. The van der Waals surface area contributed by atoms with Crippen molar-refractivity contribution in [2.75, 3.05) is 0 Å². The Kier molecular flexibility index (Phi) is 2.54. The van der Waals surface area contributed by atoms with Crippen molar-refractivity contribution in [2.24, 2.45) is 0 Å². The lowest BCUT2D eigenvalue weighted by Crippen LogP contribution is -2.13. The van der Waals surface area contributed by atoms with E-state index in [9.17, 15) is 28.1 Å². The number of pyridine rings is 1. The van der Waals surface area contributed by atoms with Crippen molar-refractivity contribution in [3.8, 4) is 0 Å². The summed E-state index contributed by atoms with van der Waals surface area (Å²) < 4.78 is 36.7. The summed E-state index contributed by atoms with van der Waals surface area (Å²) >= 11 is 0. The van der Waals surface area contributed by atoms with Crippen molar-refractivity contribution in [1.29, 1.82) is 0 Å². The van der Waals surface area contributed by atoms with Crippen LogP contribution in [-0.2, 0) is 0 Å². The number of hydrogen-bond acceptors (Lipinski definition) is 3. The maximum Gasteiger partial charge on any atom is 0.361 e. The summed E-state index contributed by atoms with van der Waals surface area (Å²) in [6, 6.07) is 0.285. The lowest BCUT2D eigenvalue weighted by molar-refractivity contribution is -0.392. The van der Waals surface area contributed by atoms with E-state index < -0.39 is 34.1 Å². The summed E-state index contributed by atoms with van der Waals surface area (Å²) in [6.07, 6.45) is -3.10. The van der Waals surface area contributed by atoms with Crippen molar-refractivity contribution < 1.29 is 18.1 Å². The second-order valence-corrected chi connectivity index (χ2v) is 2.31. The van der Waals surface area contributed by atoms with Crippen molar-refractivity contribution >= 4 is 5.82 Å². The van der Waals surface area contributed by atoms with E-state index in [0.29, 0.717) is 0 Å². The van der Waals surface area contributed by atoms with Gasteiger partial charge in [-0.25, -0.2) is 13.8 Å². The number of nitrogens with one attached hydrogen (secondary N) is 1. The standard InChI is InChI=1S/C6H3F3N2O3/c7-4-3(12)1-2(5(8)9)10-6(4)11(13)14/h1,5H,(H,10,12). The van der Waals surface area contributed by atoms with Gasteiger partial charge in [0.05, 0.1) is 0 Å². The van der Waals surface area contributed by atoms with Crippen molar-refractivity contribution in [1.82, 2.24) is 4.98 Å². The molecule has 0 amide bonds. The number of aromatic amines is 1. The molecule has 5 nitrogen and oxygen atoms in total. The summed E-state index contributed by atoms with van der Waals surface area (Å²) in [6.45, 7) is 0. The molecule has 8 heteroatoms. The van der Waals surface area contributed by atoms with E-state index in [0.717, 1.165) is 0 Å². The van der Waals surface area contributed by atoms with Gasteiger partial charge in [-0.3, -0.25) is 4.79 Å². The average molecular weight is 208 g/mol. The molecule has 0 atom stereocenters. The Balaban J connectivity index is 3.43. The molecule has 1 rings (SSSR count). The van der Waals surface area contributed by atoms with Crippen LogP contribution in [0.25, 0.3) is 0 Å². The minimum atomic E-state index is -3.10. The zero-order valence-corrected chi connectivity index (χ0v) is 6.46. The van der Waals surface area contributed by atoms with Crippen LogP contribution in [0.15, 0.2) is 10.9 Å². The fraction of sp³-hybridized carbons (Fsp3) is 0.167. The molecule has 0 aliphatic rings. The smallest absolute Gasteiger partial charge is 0.358 e. The number of nitro groups is 1. The molecule has 14 heavy (non-hydrogen) atoms. The van der Waals surface area contributed by atoms with E-state index in [1.54, 1.807) is 0 Å². The molecule has 0 aliphatic carbocycles. The van der Waals surface area contributed by atoms with E-state index in [-0.39, 0.29) is 6.07 Å². The Labute approximate surface area is 74.3 Å². The van der Waals surface area contributed by atoms with E-state index >= 15 is 0 Å². The predicted octanol–water partition coefficient (Wildman–Crippen LogP) is 1.36. The molecule has 1 aromatic rings. The quantitative estimate of drug-likeness (QED) is 0.588. The van der Waals surface area contributed by atoms with Gasteiger partial charge >= 0.3 is 5.82 Å². The van der Waals surface area contributed by atoms with Gasteiger partial charge in [-0.15, -0.1) is 0 Å². The summed E-state index contributed by atoms with van der Waals surface area (Å²) in [5, 5.41) is 10.1. The molecule has 0 saturated carbocycles. The highest BCUT2D eigenvalue weighted by Crippen LogP contribution is 2.18. The predicted molar refractivity (Wildman–Crippen MR) is 38.6 cm³/mol. The van der Waals surface area contributed by atoms with Gasteiger partial charge in [0, 0.05) is 6.07 Å². The van der Waals surface area contributed by atoms with Gasteiger partial charge in [0.15, 0.2) is 5.69 Å². The Hall–Kier alpha value is -1.86. The Bertz CT molecular complexity index is 429. The van der Waals surface area contributed by atoms with Gasteiger partial charge in [0.25, 0.3) is 12.2 Å². The SMILES string of the molecule is O=c1cc(C(F)F)[nH]c([N+](=O)[O-])c1F. The van der Waals surface area contributed by atoms with E-state index in [1.807, 2.05) is 0 Å². The molecule has 0 radical (unpaired) electrons. The van der Waals surface area contributed by atoms with Crippen LogP contribution in [0.1, 0.15) is 12.1 Å². The monoisotopic (exact) mass is 208 g/mol. The van der Waals surface area contributed by atoms with Crippen molar-refractivity contribution in [3.63, 3.8) is 0 Å². The van der Waals surface area contributed by atoms with Crippen LogP contribution in [0.3, 0.4) is 0 Å². The number of hydrogen-bond donors (Lipinski definition) is 1. The van der Waals surface area contributed by atoms with Crippen LogP contribution < -0.4 is 5.43 Å². The van der Waals surface area contributed by atoms with E-state index in [1.165, 1.54) is 4.98 Å². The lowest BCUT2D eigenvalue weighted by atomic mass is 10.3. The normalized spacial score (nSPS) is 10.6.